The Labute approximate surface area is 193 Å². The summed E-state index contributed by atoms with van der Waals surface area (Å²) in [4.78, 5) is 0. The van der Waals surface area contributed by atoms with Gasteiger partial charge in [-0.3, -0.25) is 0 Å². The molecule has 0 aliphatic heterocycles. The fourth-order valence-electron chi connectivity index (χ4n) is 9.17. The third-order valence-corrected chi connectivity index (χ3v) is 11.2. The second kappa shape index (κ2) is 8.66. The van der Waals surface area contributed by atoms with Crippen LogP contribution in [0.3, 0.4) is 0 Å². The lowest BCUT2D eigenvalue weighted by atomic mass is 9.48. The topological polar surface area (TPSA) is 20.2 Å². The Balaban J connectivity index is 1.54. The van der Waals surface area contributed by atoms with E-state index < -0.39 is 0 Å². The number of rotatable bonds is 6. The van der Waals surface area contributed by atoms with Gasteiger partial charge in [0.15, 0.2) is 0 Å². The Kier molecular flexibility index (Phi) is 6.59. The summed E-state index contributed by atoms with van der Waals surface area (Å²) in [6, 6.07) is 0. The van der Waals surface area contributed by atoms with E-state index in [-0.39, 0.29) is 6.10 Å². The van der Waals surface area contributed by atoms with E-state index in [2.05, 4.69) is 48.1 Å². The summed E-state index contributed by atoms with van der Waals surface area (Å²) in [7, 11) is 0. The molecular weight excluding hydrogens is 376 g/mol. The summed E-state index contributed by atoms with van der Waals surface area (Å²) in [5.74, 6) is 4.74. The van der Waals surface area contributed by atoms with Crippen LogP contribution in [0.2, 0.25) is 0 Å². The lowest BCUT2D eigenvalue weighted by molar-refractivity contribution is 0.00280. The van der Waals surface area contributed by atoms with Gasteiger partial charge in [-0.25, -0.2) is 0 Å². The van der Waals surface area contributed by atoms with Gasteiger partial charge in [-0.05, 0) is 110 Å². The quantitative estimate of drug-likeness (QED) is 0.423. The molecule has 0 heterocycles. The highest BCUT2D eigenvalue weighted by Crippen LogP contribution is 2.66. The van der Waals surface area contributed by atoms with Crippen molar-refractivity contribution in [2.45, 2.75) is 118 Å². The average Bonchev–Trinajstić information content (AvgIpc) is 3.08. The van der Waals surface area contributed by atoms with Crippen molar-refractivity contribution in [3.63, 3.8) is 0 Å². The van der Waals surface area contributed by atoms with E-state index in [4.69, 9.17) is 0 Å². The molecule has 0 spiro atoms. The molecular formula is C30H50O. The number of hydrogen-bond donors (Lipinski definition) is 1. The minimum atomic E-state index is -0.254. The first kappa shape index (κ1) is 23.6. The van der Waals surface area contributed by atoms with Gasteiger partial charge in [0.05, 0.1) is 6.10 Å². The van der Waals surface area contributed by atoms with Gasteiger partial charge in [-0.1, -0.05) is 72.1 Å². The maximum Gasteiger partial charge on any atom is 0.0750 e. The second-order valence-electron chi connectivity index (χ2n) is 12.9. The van der Waals surface area contributed by atoms with Crippen LogP contribution < -0.4 is 0 Å². The summed E-state index contributed by atoms with van der Waals surface area (Å²) in [5.41, 5.74) is 5.72. The van der Waals surface area contributed by atoms with Crippen LogP contribution in [-0.2, 0) is 0 Å². The Morgan fingerprint density at radius 3 is 2.39 bits per heavy atom. The first-order valence-corrected chi connectivity index (χ1v) is 13.7. The molecule has 0 aromatic heterocycles. The third-order valence-electron chi connectivity index (χ3n) is 11.2. The third kappa shape index (κ3) is 3.79. The van der Waals surface area contributed by atoms with Crippen LogP contribution in [-0.4, -0.2) is 11.2 Å². The van der Waals surface area contributed by atoms with Gasteiger partial charge in [0, 0.05) is 0 Å². The molecule has 8 unspecified atom stereocenters. The predicted molar refractivity (Wildman–Crippen MR) is 133 cm³/mol. The Bertz CT molecular complexity index is 716. The molecule has 0 aromatic carbocycles. The molecule has 176 valence electrons. The van der Waals surface area contributed by atoms with Gasteiger partial charge in [0.2, 0.25) is 0 Å². The van der Waals surface area contributed by atoms with Crippen molar-refractivity contribution in [3.8, 4) is 0 Å². The molecule has 4 aliphatic carbocycles. The fourth-order valence-corrected chi connectivity index (χ4v) is 9.17. The normalized spacial score (nSPS) is 42.3. The molecule has 4 aliphatic rings. The number of allylic oxidation sites excluding steroid dienone is 2. The van der Waals surface area contributed by atoms with E-state index in [1.165, 1.54) is 64.2 Å². The highest BCUT2D eigenvalue weighted by atomic mass is 16.3. The lowest BCUT2D eigenvalue weighted by Crippen LogP contribution is -2.49. The van der Waals surface area contributed by atoms with E-state index in [9.17, 15) is 5.11 Å². The molecule has 0 aromatic rings. The molecule has 3 fully saturated rings. The van der Waals surface area contributed by atoms with Crippen molar-refractivity contribution in [1.29, 1.82) is 0 Å². The molecule has 0 saturated heterocycles. The van der Waals surface area contributed by atoms with Crippen LogP contribution in [0.25, 0.3) is 0 Å². The summed E-state index contributed by atoms with van der Waals surface area (Å²) in [6.45, 7) is 19.3. The maximum atomic E-state index is 10.4. The summed E-state index contributed by atoms with van der Waals surface area (Å²) >= 11 is 0. The SMILES string of the molecule is C=C1C(O)CCC2(C)C1CCC1=C3CCC(C(C)CCC(CC)C(C)C)C3(C)CCC12. The van der Waals surface area contributed by atoms with Crippen molar-refractivity contribution in [2.75, 3.05) is 0 Å². The van der Waals surface area contributed by atoms with Crippen molar-refractivity contribution < 1.29 is 5.11 Å². The van der Waals surface area contributed by atoms with Crippen LogP contribution in [0, 0.1) is 46.3 Å². The van der Waals surface area contributed by atoms with Gasteiger partial charge < -0.3 is 5.11 Å². The van der Waals surface area contributed by atoms with Crippen molar-refractivity contribution in [1.82, 2.24) is 0 Å². The van der Waals surface area contributed by atoms with Crippen molar-refractivity contribution in [3.05, 3.63) is 23.3 Å². The maximum absolute atomic E-state index is 10.4. The molecule has 1 nitrogen and oxygen atoms in total. The summed E-state index contributed by atoms with van der Waals surface area (Å²) in [6.07, 6.45) is 14.1. The zero-order valence-corrected chi connectivity index (χ0v) is 21.5. The molecule has 4 rings (SSSR count). The summed E-state index contributed by atoms with van der Waals surface area (Å²) < 4.78 is 0. The smallest absolute Gasteiger partial charge is 0.0750 e. The molecule has 8 atom stereocenters. The molecule has 0 bridgehead atoms. The monoisotopic (exact) mass is 426 g/mol. The zero-order chi connectivity index (χ0) is 22.6. The minimum absolute atomic E-state index is 0.254. The summed E-state index contributed by atoms with van der Waals surface area (Å²) in [5, 5.41) is 10.4. The number of aliphatic hydroxyl groups excluding tert-OH is 1. The Morgan fingerprint density at radius 2 is 1.71 bits per heavy atom. The molecule has 31 heavy (non-hydrogen) atoms. The van der Waals surface area contributed by atoms with E-state index in [0.29, 0.717) is 16.7 Å². The van der Waals surface area contributed by atoms with Crippen LogP contribution >= 0.6 is 0 Å². The van der Waals surface area contributed by atoms with Crippen molar-refractivity contribution in [2.24, 2.45) is 46.3 Å². The van der Waals surface area contributed by atoms with E-state index in [1.807, 2.05) is 11.1 Å². The highest BCUT2D eigenvalue weighted by Gasteiger charge is 2.56. The molecule has 0 amide bonds. The van der Waals surface area contributed by atoms with Crippen LogP contribution in [0.5, 0.6) is 0 Å². The van der Waals surface area contributed by atoms with Crippen LogP contribution in [0.4, 0.5) is 0 Å². The lowest BCUT2D eigenvalue weighted by Gasteiger charge is -2.57. The van der Waals surface area contributed by atoms with E-state index >= 15 is 0 Å². The Morgan fingerprint density at radius 1 is 0.968 bits per heavy atom. The fraction of sp³-hybridized carbons (Fsp3) is 0.867. The van der Waals surface area contributed by atoms with Gasteiger partial charge in [0.25, 0.3) is 0 Å². The van der Waals surface area contributed by atoms with Crippen LogP contribution in [0.15, 0.2) is 23.3 Å². The molecule has 3 saturated carbocycles. The number of fused-ring (bicyclic) bond motifs is 4. The minimum Gasteiger partial charge on any atom is -0.389 e. The highest BCUT2D eigenvalue weighted by molar-refractivity contribution is 5.36. The zero-order valence-electron chi connectivity index (χ0n) is 21.5. The number of aliphatic hydroxyl groups is 1. The molecule has 0 radical (unpaired) electrons. The standard InChI is InChI=1S/C30H50O/c1-8-22(19(2)3)10-9-20(4)24-13-14-26-23-11-12-25-21(5)28(31)16-18-30(25,7)27(23)15-17-29(24,26)6/h19-20,22,24-25,27-28,31H,5,8-18H2,1-4,6-7H3. The first-order valence-electron chi connectivity index (χ1n) is 13.7. The number of hydrogen-bond acceptors (Lipinski definition) is 1. The van der Waals surface area contributed by atoms with E-state index in [1.54, 1.807) is 0 Å². The van der Waals surface area contributed by atoms with Gasteiger partial charge in [-0.2, -0.15) is 0 Å². The first-order chi connectivity index (χ1) is 14.6. The largest absolute Gasteiger partial charge is 0.389 e. The van der Waals surface area contributed by atoms with Crippen LogP contribution in [0.1, 0.15) is 112 Å². The van der Waals surface area contributed by atoms with Crippen molar-refractivity contribution >= 4 is 0 Å². The van der Waals surface area contributed by atoms with Gasteiger partial charge in [0.1, 0.15) is 0 Å². The molecule has 1 N–H and O–H groups in total. The van der Waals surface area contributed by atoms with E-state index in [0.717, 1.165) is 41.6 Å². The predicted octanol–water partition coefficient (Wildman–Crippen LogP) is 8.34. The average molecular weight is 427 g/mol. The Hall–Kier alpha value is -0.560. The van der Waals surface area contributed by atoms with Gasteiger partial charge in [-0.15, -0.1) is 0 Å². The second-order valence-corrected chi connectivity index (χ2v) is 12.9. The van der Waals surface area contributed by atoms with Gasteiger partial charge >= 0.3 is 0 Å². The molecule has 1 heteroatoms.